The summed E-state index contributed by atoms with van der Waals surface area (Å²) in [5.74, 6) is 0.489. The number of halogens is 1. The van der Waals surface area contributed by atoms with Gasteiger partial charge in [0.25, 0.3) is 0 Å². The second kappa shape index (κ2) is 5.94. The topological polar surface area (TPSA) is 38.9 Å². The van der Waals surface area contributed by atoms with Crippen molar-refractivity contribution < 1.29 is 0 Å². The van der Waals surface area contributed by atoms with Crippen LogP contribution in [0, 0.1) is 5.92 Å². The maximum absolute atomic E-state index is 5.66. The molecular weight excluding hydrogens is 216 g/mol. The monoisotopic (exact) mass is 230 g/mol. The Morgan fingerprint density at radius 1 is 1.43 bits per heavy atom. The van der Waals surface area contributed by atoms with Crippen LogP contribution in [0.3, 0.4) is 0 Å². The highest BCUT2D eigenvalue weighted by atomic mass is 35.5. The van der Waals surface area contributed by atoms with Crippen LogP contribution in [-0.2, 0) is 0 Å². The van der Waals surface area contributed by atoms with Gasteiger partial charge < -0.3 is 5.73 Å². The van der Waals surface area contributed by atoms with Crippen LogP contribution < -0.4 is 5.73 Å². The second-order valence-electron chi connectivity index (χ2n) is 3.38. The molecule has 0 amide bonds. The lowest BCUT2D eigenvalue weighted by atomic mass is 9.92. The van der Waals surface area contributed by atoms with Gasteiger partial charge in [-0.15, -0.1) is 12.4 Å². The standard InChI is InChI=1S/C10H14N2S.ClH/c1-7(2)9(10(11)13)8-5-3-4-6-12-8;/h3-7,9H,1-2H3,(H2,11,13);1H. The van der Waals surface area contributed by atoms with Gasteiger partial charge in [-0.25, -0.2) is 0 Å². The Balaban J connectivity index is 0.00000169. The normalized spacial score (nSPS) is 11.9. The lowest BCUT2D eigenvalue weighted by molar-refractivity contribution is 0.593. The van der Waals surface area contributed by atoms with E-state index in [0.717, 1.165) is 5.69 Å². The van der Waals surface area contributed by atoms with Crippen LogP contribution in [0.5, 0.6) is 0 Å². The van der Waals surface area contributed by atoms with Crippen LogP contribution in [-0.4, -0.2) is 9.97 Å². The minimum Gasteiger partial charge on any atom is -0.393 e. The summed E-state index contributed by atoms with van der Waals surface area (Å²) in [6, 6.07) is 5.81. The first kappa shape index (κ1) is 13.3. The molecule has 1 aromatic heterocycles. The summed E-state index contributed by atoms with van der Waals surface area (Å²) in [7, 11) is 0. The van der Waals surface area contributed by atoms with Gasteiger partial charge in [0, 0.05) is 6.20 Å². The number of thiocarbonyl (C=S) groups is 1. The Morgan fingerprint density at radius 2 is 2.07 bits per heavy atom. The van der Waals surface area contributed by atoms with Crippen molar-refractivity contribution in [2.75, 3.05) is 0 Å². The van der Waals surface area contributed by atoms with Crippen LogP contribution in [0.2, 0.25) is 0 Å². The first-order chi connectivity index (χ1) is 6.13. The fraction of sp³-hybridized carbons (Fsp3) is 0.400. The van der Waals surface area contributed by atoms with Crippen molar-refractivity contribution in [3.05, 3.63) is 30.1 Å². The van der Waals surface area contributed by atoms with E-state index in [1.807, 2.05) is 18.2 Å². The molecule has 1 unspecified atom stereocenters. The lowest BCUT2D eigenvalue weighted by Gasteiger charge is -2.18. The molecule has 0 fully saturated rings. The van der Waals surface area contributed by atoms with E-state index in [0.29, 0.717) is 10.9 Å². The molecule has 0 aliphatic heterocycles. The van der Waals surface area contributed by atoms with E-state index >= 15 is 0 Å². The van der Waals surface area contributed by atoms with E-state index in [1.54, 1.807) is 6.20 Å². The molecule has 0 aromatic carbocycles. The van der Waals surface area contributed by atoms with E-state index < -0.39 is 0 Å². The SMILES string of the molecule is CC(C)C(C(N)=S)c1ccccn1.Cl. The molecule has 0 bridgehead atoms. The van der Waals surface area contributed by atoms with Crippen molar-refractivity contribution >= 4 is 29.6 Å². The minimum atomic E-state index is 0. The number of hydrogen-bond donors (Lipinski definition) is 1. The molecule has 1 heterocycles. The highest BCUT2D eigenvalue weighted by molar-refractivity contribution is 7.80. The Labute approximate surface area is 96.3 Å². The van der Waals surface area contributed by atoms with E-state index in [-0.39, 0.29) is 18.3 Å². The number of aromatic nitrogens is 1. The summed E-state index contributed by atoms with van der Waals surface area (Å²) in [5, 5.41) is 0. The summed E-state index contributed by atoms with van der Waals surface area (Å²) >= 11 is 5.01. The predicted octanol–water partition coefficient (Wildman–Crippen LogP) is 2.53. The lowest BCUT2D eigenvalue weighted by Crippen LogP contribution is -2.24. The molecule has 1 rings (SSSR count). The molecule has 0 saturated carbocycles. The second-order valence-corrected chi connectivity index (χ2v) is 3.85. The number of nitrogens with zero attached hydrogens (tertiary/aromatic N) is 1. The summed E-state index contributed by atoms with van der Waals surface area (Å²) < 4.78 is 0. The van der Waals surface area contributed by atoms with Crippen molar-refractivity contribution in [2.45, 2.75) is 19.8 Å². The van der Waals surface area contributed by atoms with Crippen molar-refractivity contribution in [3.8, 4) is 0 Å². The average molecular weight is 231 g/mol. The first-order valence-electron chi connectivity index (χ1n) is 4.33. The van der Waals surface area contributed by atoms with E-state index in [4.69, 9.17) is 18.0 Å². The fourth-order valence-corrected chi connectivity index (χ4v) is 1.77. The maximum atomic E-state index is 5.66. The molecule has 14 heavy (non-hydrogen) atoms. The summed E-state index contributed by atoms with van der Waals surface area (Å²) in [4.78, 5) is 4.78. The molecule has 4 heteroatoms. The van der Waals surface area contributed by atoms with E-state index in [1.165, 1.54) is 0 Å². The van der Waals surface area contributed by atoms with Gasteiger partial charge in [0.1, 0.15) is 0 Å². The Bertz CT molecular complexity index is 287. The van der Waals surface area contributed by atoms with Gasteiger partial charge in [-0.3, -0.25) is 4.98 Å². The van der Waals surface area contributed by atoms with Crippen LogP contribution in [0.4, 0.5) is 0 Å². The molecule has 2 N–H and O–H groups in total. The molecule has 0 saturated heterocycles. The molecule has 0 radical (unpaired) electrons. The maximum Gasteiger partial charge on any atom is 0.0821 e. The van der Waals surface area contributed by atoms with Crippen LogP contribution in [0.25, 0.3) is 0 Å². The first-order valence-corrected chi connectivity index (χ1v) is 4.74. The van der Waals surface area contributed by atoms with E-state index in [2.05, 4.69) is 18.8 Å². The molecule has 0 aliphatic carbocycles. The van der Waals surface area contributed by atoms with Crippen molar-refractivity contribution in [3.63, 3.8) is 0 Å². The zero-order valence-corrected chi connectivity index (χ0v) is 9.94. The summed E-state index contributed by atoms with van der Waals surface area (Å²) in [5.41, 5.74) is 6.62. The van der Waals surface area contributed by atoms with Gasteiger partial charge in [0.05, 0.1) is 16.6 Å². The largest absolute Gasteiger partial charge is 0.393 e. The molecule has 2 nitrogen and oxygen atoms in total. The number of nitrogens with two attached hydrogens (primary N) is 1. The fourth-order valence-electron chi connectivity index (χ4n) is 1.38. The Hall–Kier alpha value is -0.670. The Morgan fingerprint density at radius 3 is 2.43 bits per heavy atom. The minimum absolute atomic E-state index is 0. The third-order valence-corrected chi connectivity index (χ3v) is 2.23. The zero-order valence-electron chi connectivity index (χ0n) is 8.31. The average Bonchev–Trinajstić information content (AvgIpc) is 2.04. The van der Waals surface area contributed by atoms with Crippen molar-refractivity contribution in [1.82, 2.24) is 4.98 Å². The van der Waals surface area contributed by atoms with Crippen molar-refractivity contribution in [1.29, 1.82) is 0 Å². The molecular formula is C10H15ClN2S. The van der Waals surface area contributed by atoms with Crippen molar-refractivity contribution in [2.24, 2.45) is 11.7 Å². The van der Waals surface area contributed by atoms with Crippen LogP contribution in [0.1, 0.15) is 25.5 Å². The molecule has 1 atom stereocenters. The summed E-state index contributed by atoms with van der Waals surface area (Å²) in [6.07, 6.45) is 1.77. The quantitative estimate of drug-likeness (QED) is 0.812. The Kier molecular flexibility index (Phi) is 5.65. The zero-order chi connectivity index (χ0) is 9.84. The van der Waals surface area contributed by atoms with Crippen LogP contribution in [0.15, 0.2) is 24.4 Å². The highest BCUT2D eigenvalue weighted by Gasteiger charge is 2.19. The predicted molar refractivity (Wildman–Crippen MR) is 65.8 cm³/mol. The third kappa shape index (κ3) is 3.24. The van der Waals surface area contributed by atoms with Gasteiger partial charge in [0.15, 0.2) is 0 Å². The molecule has 1 aromatic rings. The van der Waals surface area contributed by atoms with Gasteiger partial charge >= 0.3 is 0 Å². The molecule has 0 spiro atoms. The smallest absolute Gasteiger partial charge is 0.0821 e. The van der Waals surface area contributed by atoms with Gasteiger partial charge in [-0.1, -0.05) is 32.1 Å². The highest BCUT2D eigenvalue weighted by Crippen LogP contribution is 2.22. The van der Waals surface area contributed by atoms with E-state index in [9.17, 15) is 0 Å². The third-order valence-electron chi connectivity index (χ3n) is 1.98. The van der Waals surface area contributed by atoms with Gasteiger partial charge in [-0.05, 0) is 18.1 Å². The number of pyridine rings is 1. The van der Waals surface area contributed by atoms with Gasteiger partial charge in [-0.2, -0.15) is 0 Å². The number of rotatable bonds is 3. The number of hydrogen-bond acceptors (Lipinski definition) is 2. The molecule has 0 aliphatic rings. The summed E-state index contributed by atoms with van der Waals surface area (Å²) in [6.45, 7) is 4.19. The van der Waals surface area contributed by atoms with Gasteiger partial charge in [0.2, 0.25) is 0 Å². The molecule has 78 valence electrons. The van der Waals surface area contributed by atoms with Crippen LogP contribution >= 0.6 is 24.6 Å².